The Kier molecular flexibility index (Phi) is 2.25. The van der Waals surface area contributed by atoms with Gasteiger partial charge in [-0.1, -0.05) is 12.1 Å². The number of halogens is 1. The lowest BCUT2D eigenvalue weighted by Crippen LogP contribution is -2.26. The molecule has 1 nitrogen and oxygen atoms in total. The van der Waals surface area contributed by atoms with Crippen LogP contribution in [0.2, 0.25) is 0 Å². The monoisotopic (exact) mass is 269 g/mol. The molecule has 0 aliphatic carbocycles. The Morgan fingerprint density at radius 2 is 2.36 bits per heavy atom. The zero-order valence-electron chi connectivity index (χ0n) is 7.79. The first-order valence-corrected chi connectivity index (χ1v) is 6.94. The van der Waals surface area contributed by atoms with Gasteiger partial charge in [0, 0.05) is 22.2 Å². The van der Waals surface area contributed by atoms with Gasteiger partial charge in [-0.3, -0.25) is 0 Å². The molecule has 0 unspecified atom stereocenters. The molecule has 0 bridgehead atoms. The molecular formula is C11H12BrNS. The van der Waals surface area contributed by atoms with Crippen molar-refractivity contribution in [2.45, 2.75) is 18.4 Å². The van der Waals surface area contributed by atoms with E-state index < -0.39 is 0 Å². The van der Waals surface area contributed by atoms with Crippen LogP contribution in [0, 0.1) is 0 Å². The highest BCUT2D eigenvalue weighted by atomic mass is 79.9. The van der Waals surface area contributed by atoms with Crippen LogP contribution in [-0.2, 0) is 0 Å². The van der Waals surface area contributed by atoms with Crippen molar-refractivity contribution in [3.8, 4) is 0 Å². The van der Waals surface area contributed by atoms with E-state index in [0.717, 1.165) is 5.92 Å². The Morgan fingerprint density at radius 1 is 1.43 bits per heavy atom. The van der Waals surface area contributed by atoms with Crippen LogP contribution >= 0.6 is 27.7 Å². The molecule has 1 aromatic carbocycles. The molecule has 1 aromatic rings. The quantitative estimate of drug-likeness (QED) is 0.774. The van der Waals surface area contributed by atoms with Crippen molar-refractivity contribution < 1.29 is 0 Å². The van der Waals surface area contributed by atoms with E-state index in [4.69, 9.17) is 0 Å². The van der Waals surface area contributed by atoms with Crippen LogP contribution in [-0.4, -0.2) is 17.5 Å². The van der Waals surface area contributed by atoms with Gasteiger partial charge in [-0.2, -0.15) is 11.8 Å². The van der Waals surface area contributed by atoms with Crippen LogP contribution in [0.4, 0.5) is 5.69 Å². The highest BCUT2D eigenvalue weighted by molar-refractivity contribution is 9.10. The molecule has 2 aliphatic rings. The van der Waals surface area contributed by atoms with E-state index in [1.165, 1.54) is 33.7 Å². The summed E-state index contributed by atoms with van der Waals surface area (Å²) in [5, 5.41) is 3.64. The maximum atomic E-state index is 3.64. The van der Waals surface area contributed by atoms with Crippen molar-refractivity contribution in [2.24, 2.45) is 0 Å². The lowest BCUT2D eigenvalue weighted by molar-refractivity contribution is 0.614. The number of hydrogen-bond acceptors (Lipinski definition) is 2. The molecule has 0 amide bonds. The topological polar surface area (TPSA) is 12.0 Å². The van der Waals surface area contributed by atoms with Crippen molar-refractivity contribution in [1.82, 2.24) is 0 Å². The van der Waals surface area contributed by atoms with E-state index in [1.54, 1.807) is 0 Å². The first-order chi connectivity index (χ1) is 6.86. The summed E-state index contributed by atoms with van der Waals surface area (Å²) in [5.74, 6) is 3.32. The molecule has 0 spiro atoms. The summed E-state index contributed by atoms with van der Waals surface area (Å²) in [4.78, 5) is 0. The molecule has 0 aromatic heterocycles. The maximum absolute atomic E-state index is 3.64. The van der Waals surface area contributed by atoms with Crippen LogP contribution in [0.1, 0.15) is 17.9 Å². The van der Waals surface area contributed by atoms with Crippen molar-refractivity contribution in [1.29, 1.82) is 0 Å². The first kappa shape index (κ1) is 9.10. The number of rotatable bonds is 0. The van der Waals surface area contributed by atoms with Crippen LogP contribution in [0.25, 0.3) is 0 Å². The highest BCUT2D eigenvalue weighted by Gasteiger charge is 2.34. The molecule has 0 saturated carbocycles. The van der Waals surface area contributed by atoms with Crippen LogP contribution in [0.3, 0.4) is 0 Å². The molecule has 74 valence electrons. The van der Waals surface area contributed by atoms with Crippen molar-refractivity contribution in [3.05, 3.63) is 28.2 Å². The zero-order valence-corrected chi connectivity index (χ0v) is 10.2. The molecule has 3 rings (SSSR count). The molecule has 1 N–H and O–H groups in total. The van der Waals surface area contributed by atoms with Crippen LogP contribution in [0.15, 0.2) is 22.7 Å². The van der Waals surface area contributed by atoms with E-state index in [2.05, 4.69) is 51.2 Å². The highest BCUT2D eigenvalue weighted by Crippen LogP contribution is 2.45. The second-order valence-electron chi connectivity index (χ2n) is 3.92. The van der Waals surface area contributed by atoms with Crippen LogP contribution < -0.4 is 5.32 Å². The molecule has 1 fully saturated rings. The summed E-state index contributed by atoms with van der Waals surface area (Å²) < 4.78 is 1.22. The minimum atomic E-state index is 0.685. The predicted molar refractivity (Wildman–Crippen MR) is 66.2 cm³/mol. The van der Waals surface area contributed by atoms with E-state index in [9.17, 15) is 0 Å². The maximum Gasteiger partial charge on any atom is 0.0523 e. The number of thioether (sulfide) groups is 1. The molecule has 3 heteroatoms. The number of nitrogens with one attached hydrogen (secondary N) is 1. The summed E-state index contributed by atoms with van der Waals surface area (Å²) >= 11 is 5.70. The van der Waals surface area contributed by atoms with Gasteiger partial charge in [-0.15, -0.1) is 0 Å². The molecule has 0 radical (unpaired) electrons. The SMILES string of the molecule is Brc1cccc2c1N[C@H]1CCSC[C@H]21. The molecule has 14 heavy (non-hydrogen) atoms. The van der Waals surface area contributed by atoms with Gasteiger partial charge in [0.25, 0.3) is 0 Å². The van der Waals surface area contributed by atoms with Gasteiger partial charge in [0.15, 0.2) is 0 Å². The number of benzene rings is 1. The third-order valence-electron chi connectivity index (χ3n) is 3.13. The third kappa shape index (κ3) is 1.29. The van der Waals surface area contributed by atoms with Gasteiger partial charge in [0.1, 0.15) is 0 Å². The summed E-state index contributed by atoms with van der Waals surface area (Å²) in [5.41, 5.74) is 2.85. The first-order valence-electron chi connectivity index (χ1n) is 4.99. The number of fused-ring (bicyclic) bond motifs is 3. The number of para-hydroxylation sites is 1. The standard InChI is InChI=1S/C11H12BrNS/c12-9-3-1-2-7-8-6-14-5-4-10(8)13-11(7)9/h1-3,8,10,13H,4-6H2/t8-,10+/m1/s1. The number of anilines is 1. The minimum Gasteiger partial charge on any atom is -0.380 e. The number of hydrogen-bond donors (Lipinski definition) is 1. The van der Waals surface area contributed by atoms with Gasteiger partial charge in [-0.25, -0.2) is 0 Å². The van der Waals surface area contributed by atoms with Crippen LogP contribution in [0.5, 0.6) is 0 Å². The van der Waals surface area contributed by atoms with Gasteiger partial charge in [0.05, 0.1) is 5.69 Å². The Balaban J connectivity index is 2.05. The Morgan fingerprint density at radius 3 is 3.29 bits per heavy atom. The molecule has 2 atom stereocenters. The Bertz CT molecular complexity index is 366. The second kappa shape index (κ2) is 3.46. The lowest BCUT2D eigenvalue weighted by atomic mass is 9.95. The predicted octanol–water partition coefficient (Wildman–Crippen LogP) is 3.46. The Hall–Kier alpha value is -0.150. The van der Waals surface area contributed by atoms with Gasteiger partial charge >= 0.3 is 0 Å². The fraction of sp³-hybridized carbons (Fsp3) is 0.455. The summed E-state index contributed by atoms with van der Waals surface area (Å²) in [6.07, 6.45) is 1.30. The third-order valence-corrected chi connectivity index (χ3v) is 4.91. The van der Waals surface area contributed by atoms with Crippen molar-refractivity contribution in [2.75, 3.05) is 16.8 Å². The van der Waals surface area contributed by atoms with Crippen molar-refractivity contribution in [3.63, 3.8) is 0 Å². The fourth-order valence-corrected chi connectivity index (χ4v) is 4.15. The van der Waals surface area contributed by atoms with E-state index in [0.29, 0.717) is 6.04 Å². The Labute approximate surface area is 96.8 Å². The van der Waals surface area contributed by atoms with Gasteiger partial charge < -0.3 is 5.32 Å². The second-order valence-corrected chi connectivity index (χ2v) is 5.93. The van der Waals surface area contributed by atoms with Gasteiger partial charge in [-0.05, 0) is 39.7 Å². The fourth-order valence-electron chi connectivity index (χ4n) is 2.40. The normalized spacial score (nSPS) is 29.2. The summed E-state index contributed by atoms with van der Waals surface area (Å²) in [6.45, 7) is 0. The largest absolute Gasteiger partial charge is 0.380 e. The molecule has 2 aliphatic heterocycles. The summed E-state index contributed by atoms with van der Waals surface area (Å²) in [6, 6.07) is 7.22. The van der Waals surface area contributed by atoms with Crippen molar-refractivity contribution >= 4 is 33.4 Å². The average Bonchev–Trinajstić information content (AvgIpc) is 2.59. The zero-order chi connectivity index (χ0) is 9.54. The summed E-state index contributed by atoms with van der Waals surface area (Å²) in [7, 11) is 0. The van der Waals surface area contributed by atoms with Gasteiger partial charge in [0.2, 0.25) is 0 Å². The van der Waals surface area contributed by atoms with E-state index >= 15 is 0 Å². The van der Waals surface area contributed by atoms with E-state index in [-0.39, 0.29) is 0 Å². The molecular weight excluding hydrogens is 258 g/mol. The molecule has 1 saturated heterocycles. The smallest absolute Gasteiger partial charge is 0.0523 e. The molecule has 2 heterocycles. The van der Waals surface area contributed by atoms with E-state index in [1.807, 2.05) is 0 Å². The average molecular weight is 270 g/mol. The minimum absolute atomic E-state index is 0.685. The lowest BCUT2D eigenvalue weighted by Gasteiger charge is -2.24.